The summed E-state index contributed by atoms with van der Waals surface area (Å²) in [6, 6.07) is 13.5. The Labute approximate surface area is 150 Å². The number of halogens is 2. The van der Waals surface area contributed by atoms with Crippen LogP contribution in [0.15, 0.2) is 48.5 Å². The van der Waals surface area contributed by atoms with Crippen LogP contribution in [-0.4, -0.2) is 24.5 Å². The summed E-state index contributed by atoms with van der Waals surface area (Å²) in [5.74, 6) is -2.11. The average molecular weight is 364 g/mol. The van der Waals surface area contributed by atoms with E-state index in [0.29, 0.717) is 0 Å². The molecule has 132 valence electrons. The van der Waals surface area contributed by atoms with E-state index in [9.17, 15) is 14.0 Å². The van der Waals surface area contributed by atoms with E-state index in [0.717, 1.165) is 18.9 Å². The predicted molar refractivity (Wildman–Crippen MR) is 94.1 cm³/mol. The van der Waals surface area contributed by atoms with E-state index >= 15 is 0 Å². The standard InChI is InChI=1S/C19H19ClFNO3/c1-13(7-8-14-5-3-2-4-6-14)22-18(23)12-25-19(24)16-10-9-15(20)11-17(16)21/h2-6,9-11,13H,7-8,12H2,1H3,(H,22,23)/t13-/m0/s1. The minimum atomic E-state index is -0.902. The van der Waals surface area contributed by atoms with Crippen LogP contribution in [0.5, 0.6) is 0 Å². The summed E-state index contributed by atoms with van der Waals surface area (Å²) in [6.07, 6.45) is 1.59. The van der Waals surface area contributed by atoms with E-state index in [2.05, 4.69) is 5.32 Å². The molecule has 0 aliphatic carbocycles. The van der Waals surface area contributed by atoms with Gasteiger partial charge in [-0.25, -0.2) is 9.18 Å². The van der Waals surface area contributed by atoms with Gasteiger partial charge >= 0.3 is 5.97 Å². The summed E-state index contributed by atoms with van der Waals surface area (Å²) in [5.41, 5.74) is 0.933. The Morgan fingerprint density at radius 1 is 1.20 bits per heavy atom. The van der Waals surface area contributed by atoms with Crippen LogP contribution in [0.1, 0.15) is 29.3 Å². The van der Waals surface area contributed by atoms with E-state index in [1.165, 1.54) is 17.7 Å². The van der Waals surface area contributed by atoms with Gasteiger partial charge in [-0.1, -0.05) is 41.9 Å². The second-order valence-electron chi connectivity index (χ2n) is 5.69. The highest BCUT2D eigenvalue weighted by Crippen LogP contribution is 2.15. The number of rotatable bonds is 7. The zero-order chi connectivity index (χ0) is 18.2. The van der Waals surface area contributed by atoms with Crippen LogP contribution in [0.3, 0.4) is 0 Å². The van der Waals surface area contributed by atoms with Crippen LogP contribution in [0.25, 0.3) is 0 Å². The Morgan fingerprint density at radius 3 is 2.60 bits per heavy atom. The summed E-state index contributed by atoms with van der Waals surface area (Å²) >= 11 is 5.62. The molecule has 1 amide bonds. The van der Waals surface area contributed by atoms with Crippen molar-refractivity contribution >= 4 is 23.5 Å². The smallest absolute Gasteiger partial charge is 0.341 e. The number of ether oxygens (including phenoxy) is 1. The maximum atomic E-state index is 13.6. The van der Waals surface area contributed by atoms with Gasteiger partial charge in [-0.05, 0) is 43.5 Å². The fraction of sp³-hybridized carbons (Fsp3) is 0.263. The molecule has 2 rings (SSSR count). The Bertz CT molecular complexity index is 737. The van der Waals surface area contributed by atoms with Crippen molar-refractivity contribution in [3.63, 3.8) is 0 Å². The van der Waals surface area contributed by atoms with Gasteiger partial charge in [0.25, 0.3) is 5.91 Å². The van der Waals surface area contributed by atoms with Crippen molar-refractivity contribution in [3.8, 4) is 0 Å². The lowest BCUT2D eigenvalue weighted by Gasteiger charge is -2.14. The molecule has 0 aliphatic rings. The van der Waals surface area contributed by atoms with E-state index in [4.69, 9.17) is 16.3 Å². The lowest BCUT2D eigenvalue weighted by atomic mass is 10.1. The Kier molecular flexibility index (Phi) is 6.95. The van der Waals surface area contributed by atoms with Gasteiger partial charge in [0, 0.05) is 11.1 Å². The second kappa shape index (κ2) is 9.18. The van der Waals surface area contributed by atoms with Crippen LogP contribution in [0.4, 0.5) is 4.39 Å². The van der Waals surface area contributed by atoms with Crippen LogP contribution in [0, 0.1) is 5.82 Å². The van der Waals surface area contributed by atoms with Crippen molar-refractivity contribution in [2.24, 2.45) is 0 Å². The molecule has 6 heteroatoms. The summed E-state index contributed by atoms with van der Waals surface area (Å²) in [6.45, 7) is 1.41. The quantitative estimate of drug-likeness (QED) is 0.762. The average Bonchev–Trinajstić information content (AvgIpc) is 2.59. The van der Waals surface area contributed by atoms with Crippen LogP contribution in [-0.2, 0) is 16.0 Å². The fourth-order valence-corrected chi connectivity index (χ4v) is 2.44. The third-order valence-corrected chi connectivity index (χ3v) is 3.84. The van der Waals surface area contributed by atoms with E-state index < -0.39 is 24.3 Å². The third kappa shape index (κ3) is 6.19. The maximum Gasteiger partial charge on any atom is 0.341 e. The van der Waals surface area contributed by atoms with Gasteiger partial charge in [0.05, 0.1) is 5.56 Å². The number of nitrogens with one attached hydrogen (secondary N) is 1. The molecule has 0 radical (unpaired) electrons. The number of esters is 1. The Balaban J connectivity index is 1.75. The van der Waals surface area contributed by atoms with E-state index in [1.54, 1.807) is 0 Å². The number of amides is 1. The first-order valence-electron chi connectivity index (χ1n) is 7.91. The molecule has 1 N–H and O–H groups in total. The van der Waals surface area contributed by atoms with Gasteiger partial charge in [-0.3, -0.25) is 4.79 Å². The van der Waals surface area contributed by atoms with Crippen molar-refractivity contribution in [1.29, 1.82) is 0 Å². The first kappa shape index (κ1) is 18.9. The molecule has 0 bridgehead atoms. The van der Waals surface area contributed by atoms with Crippen LogP contribution >= 0.6 is 11.6 Å². The monoisotopic (exact) mass is 363 g/mol. The van der Waals surface area contributed by atoms with E-state index in [1.807, 2.05) is 37.3 Å². The van der Waals surface area contributed by atoms with Gasteiger partial charge in [0.1, 0.15) is 5.82 Å². The van der Waals surface area contributed by atoms with Crippen molar-refractivity contribution in [1.82, 2.24) is 5.32 Å². The van der Waals surface area contributed by atoms with Crippen molar-refractivity contribution in [2.45, 2.75) is 25.8 Å². The topological polar surface area (TPSA) is 55.4 Å². The number of benzene rings is 2. The number of hydrogen-bond donors (Lipinski definition) is 1. The SMILES string of the molecule is C[C@@H](CCc1ccccc1)NC(=O)COC(=O)c1ccc(Cl)cc1F. The zero-order valence-electron chi connectivity index (χ0n) is 13.8. The Morgan fingerprint density at radius 2 is 1.92 bits per heavy atom. The first-order valence-corrected chi connectivity index (χ1v) is 8.29. The molecule has 0 saturated carbocycles. The van der Waals surface area contributed by atoms with Crippen LogP contribution in [0.2, 0.25) is 5.02 Å². The lowest BCUT2D eigenvalue weighted by molar-refractivity contribution is -0.124. The van der Waals surface area contributed by atoms with Gasteiger partial charge in [0.15, 0.2) is 6.61 Å². The minimum Gasteiger partial charge on any atom is -0.452 e. The highest BCUT2D eigenvalue weighted by molar-refractivity contribution is 6.30. The van der Waals surface area contributed by atoms with Gasteiger partial charge in [0.2, 0.25) is 0 Å². The molecule has 25 heavy (non-hydrogen) atoms. The lowest BCUT2D eigenvalue weighted by Crippen LogP contribution is -2.36. The molecular formula is C19H19ClFNO3. The molecular weight excluding hydrogens is 345 g/mol. The molecule has 0 saturated heterocycles. The van der Waals surface area contributed by atoms with Gasteiger partial charge in [-0.15, -0.1) is 0 Å². The molecule has 0 spiro atoms. The summed E-state index contributed by atoms with van der Waals surface area (Å²) < 4.78 is 18.5. The number of carbonyl (C=O) groups is 2. The van der Waals surface area contributed by atoms with E-state index in [-0.39, 0.29) is 16.6 Å². The molecule has 0 heterocycles. The molecule has 1 atom stereocenters. The van der Waals surface area contributed by atoms with Crippen molar-refractivity contribution in [2.75, 3.05) is 6.61 Å². The van der Waals surface area contributed by atoms with Crippen molar-refractivity contribution < 1.29 is 18.7 Å². The molecule has 2 aromatic carbocycles. The fourth-order valence-electron chi connectivity index (χ4n) is 2.28. The third-order valence-electron chi connectivity index (χ3n) is 3.60. The molecule has 0 unspecified atom stereocenters. The number of hydrogen-bond acceptors (Lipinski definition) is 3. The maximum absolute atomic E-state index is 13.6. The molecule has 0 aromatic heterocycles. The first-order chi connectivity index (χ1) is 12.0. The summed E-state index contributed by atoms with van der Waals surface area (Å²) in [5, 5.41) is 2.93. The predicted octanol–water partition coefficient (Wildman–Crippen LogP) is 3.77. The molecule has 0 aliphatic heterocycles. The highest BCUT2D eigenvalue weighted by Gasteiger charge is 2.16. The van der Waals surface area contributed by atoms with Crippen molar-refractivity contribution in [3.05, 3.63) is 70.5 Å². The number of carbonyl (C=O) groups excluding carboxylic acids is 2. The second-order valence-corrected chi connectivity index (χ2v) is 6.13. The Hall–Kier alpha value is -2.40. The number of aryl methyl sites for hydroxylation is 1. The zero-order valence-corrected chi connectivity index (χ0v) is 14.6. The minimum absolute atomic E-state index is 0.0707. The normalized spacial score (nSPS) is 11.6. The highest BCUT2D eigenvalue weighted by atomic mass is 35.5. The van der Waals surface area contributed by atoms with Crippen LogP contribution < -0.4 is 5.32 Å². The van der Waals surface area contributed by atoms with Gasteiger partial charge < -0.3 is 10.1 Å². The summed E-state index contributed by atoms with van der Waals surface area (Å²) in [7, 11) is 0. The molecule has 2 aromatic rings. The molecule has 4 nitrogen and oxygen atoms in total. The largest absolute Gasteiger partial charge is 0.452 e. The summed E-state index contributed by atoms with van der Waals surface area (Å²) in [4.78, 5) is 23.6. The van der Waals surface area contributed by atoms with Gasteiger partial charge in [-0.2, -0.15) is 0 Å². The molecule has 0 fully saturated rings.